The fourth-order valence-electron chi connectivity index (χ4n) is 4.99. The topological polar surface area (TPSA) is 70.4 Å². The van der Waals surface area contributed by atoms with Crippen molar-refractivity contribution in [2.24, 2.45) is 0 Å². The number of fused-ring (bicyclic) bond motifs is 5. The minimum atomic E-state index is -0.919. The molecule has 0 amide bonds. The Morgan fingerprint density at radius 3 is 2.44 bits per heavy atom. The summed E-state index contributed by atoms with van der Waals surface area (Å²) in [5.41, 5.74) is 8.65. The van der Waals surface area contributed by atoms with E-state index in [0.717, 1.165) is 33.4 Å². The van der Waals surface area contributed by atoms with E-state index in [4.69, 9.17) is 14.5 Å². The number of hydrogen-bond donors (Lipinski definition) is 0. The minimum absolute atomic E-state index is 0. The van der Waals surface area contributed by atoms with Crippen LogP contribution >= 0.6 is 0 Å². The number of cyclic esters (lactones) is 1. The van der Waals surface area contributed by atoms with Crippen LogP contribution in [0.4, 0.5) is 0 Å². The molecule has 6 nitrogen and oxygen atoms in total. The van der Waals surface area contributed by atoms with Crippen LogP contribution < -0.4 is 5.56 Å². The number of benzene rings is 1. The van der Waals surface area contributed by atoms with Gasteiger partial charge in [0.15, 0.2) is 0 Å². The van der Waals surface area contributed by atoms with E-state index in [1.54, 1.807) is 11.7 Å². The number of nitrogens with zero attached hydrogens (tertiary/aromatic N) is 2. The molecule has 163 valence electrons. The summed E-state index contributed by atoms with van der Waals surface area (Å²) in [5, 5.41) is 1.14. The Morgan fingerprint density at radius 2 is 1.75 bits per heavy atom. The van der Waals surface area contributed by atoms with Gasteiger partial charge in [0, 0.05) is 50.8 Å². The standard InChI is InChI=1S/C25H26N2O4.Y/c1-12-13(2)15(4)22-17(14(12)3)7-16-10-27-20(23(16)26-22)8-19-18(24(27)29)11-31-21(28)9-25(19,5)30-6;/h7-8H,9-11H2,1-6H3;. The van der Waals surface area contributed by atoms with Crippen LogP contribution in [-0.2, 0) is 65.7 Å². The van der Waals surface area contributed by atoms with Gasteiger partial charge in [0.25, 0.3) is 5.56 Å². The predicted molar refractivity (Wildman–Crippen MR) is 118 cm³/mol. The van der Waals surface area contributed by atoms with Crippen molar-refractivity contribution in [3.8, 4) is 11.4 Å². The van der Waals surface area contributed by atoms with Crippen molar-refractivity contribution in [2.75, 3.05) is 7.11 Å². The van der Waals surface area contributed by atoms with Gasteiger partial charge in [0.1, 0.15) is 12.2 Å². The van der Waals surface area contributed by atoms with Crippen LogP contribution in [0, 0.1) is 27.7 Å². The van der Waals surface area contributed by atoms with Crippen LogP contribution in [0.5, 0.6) is 0 Å². The van der Waals surface area contributed by atoms with Crippen LogP contribution in [0.2, 0.25) is 0 Å². The molecule has 0 saturated carbocycles. The first kappa shape index (κ1) is 23.3. The minimum Gasteiger partial charge on any atom is -0.460 e. The largest absolute Gasteiger partial charge is 0.460 e. The molecule has 1 unspecified atom stereocenters. The smallest absolute Gasteiger partial charge is 0.309 e. The summed E-state index contributed by atoms with van der Waals surface area (Å²) in [5.74, 6) is -0.369. The SMILES string of the molecule is COC1(C)CC(=O)OCc2c1cc1n(c2=O)Cc2cc3c(C)c(C)c(C)c(C)c3nc2-1.[Y]. The molecule has 3 aromatic rings. The molecule has 2 aromatic heterocycles. The maximum Gasteiger partial charge on any atom is 0.309 e. The Balaban J connectivity index is 0.00000245. The number of pyridine rings is 2. The average Bonchev–Trinajstić information content (AvgIpc) is 3.05. The van der Waals surface area contributed by atoms with E-state index in [2.05, 4.69) is 33.8 Å². The van der Waals surface area contributed by atoms with Crippen molar-refractivity contribution in [1.29, 1.82) is 0 Å². The molecule has 5 rings (SSSR count). The van der Waals surface area contributed by atoms with Gasteiger partial charge in [-0.25, -0.2) is 4.98 Å². The van der Waals surface area contributed by atoms with Gasteiger partial charge in [-0.1, -0.05) is 0 Å². The fraction of sp³-hybridized carbons (Fsp3) is 0.400. The third-order valence-corrected chi connectivity index (χ3v) is 7.40. The van der Waals surface area contributed by atoms with Crippen LogP contribution in [0.1, 0.15) is 52.3 Å². The number of ether oxygens (including phenoxy) is 2. The van der Waals surface area contributed by atoms with Crippen molar-refractivity contribution in [2.45, 2.75) is 59.8 Å². The number of esters is 1. The van der Waals surface area contributed by atoms with Gasteiger partial charge in [0.2, 0.25) is 0 Å². The molecule has 32 heavy (non-hydrogen) atoms. The van der Waals surface area contributed by atoms with Crippen molar-refractivity contribution < 1.29 is 47.0 Å². The van der Waals surface area contributed by atoms with Crippen LogP contribution in [0.25, 0.3) is 22.3 Å². The van der Waals surface area contributed by atoms with Crippen molar-refractivity contribution in [3.05, 3.63) is 61.4 Å². The molecule has 7 heteroatoms. The number of carbonyl (C=O) groups excluding carboxylic acids is 1. The number of methoxy groups -OCH3 is 1. The molecule has 2 aliphatic heterocycles. The van der Waals surface area contributed by atoms with E-state index < -0.39 is 5.60 Å². The molecule has 0 spiro atoms. The Hall–Kier alpha value is -1.89. The van der Waals surface area contributed by atoms with Crippen LogP contribution in [0.3, 0.4) is 0 Å². The third-order valence-electron chi connectivity index (χ3n) is 7.40. The maximum atomic E-state index is 13.5. The summed E-state index contributed by atoms with van der Waals surface area (Å²) in [6.07, 6.45) is 0.0637. The molecule has 0 fully saturated rings. The number of aryl methyl sites for hydroxylation is 2. The molecule has 0 saturated heterocycles. The summed E-state index contributed by atoms with van der Waals surface area (Å²) >= 11 is 0. The predicted octanol–water partition coefficient (Wildman–Crippen LogP) is 3.96. The second-order valence-electron chi connectivity index (χ2n) is 8.98. The van der Waals surface area contributed by atoms with Crippen molar-refractivity contribution in [1.82, 2.24) is 9.55 Å². The molecule has 4 heterocycles. The number of rotatable bonds is 1. The second-order valence-corrected chi connectivity index (χ2v) is 8.98. The van der Waals surface area contributed by atoms with Gasteiger partial charge >= 0.3 is 5.97 Å². The Morgan fingerprint density at radius 1 is 1.06 bits per heavy atom. The summed E-state index contributed by atoms with van der Waals surface area (Å²) in [4.78, 5) is 30.7. The average molecular weight is 507 g/mol. The molecule has 1 atom stereocenters. The van der Waals surface area contributed by atoms with Crippen LogP contribution in [-0.4, -0.2) is 22.6 Å². The molecule has 2 aliphatic rings. The van der Waals surface area contributed by atoms with Crippen molar-refractivity contribution in [3.63, 3.8) is 0 Å². The van der Waals surface area contributed by atoms with Gasteiger partial charge in [-0.15, -0.1) is 0 Å². The van der Waals surface area contributed by atoms with Gasteiger partial charge in [-0.05, 0) is 74.6 Å². The summed E-state index contributed by atoms with van der Waals surface area (Å²) in [6, 6.07) is 4.15. The Kier molecular flexibility index (Phi) is 5.72. The zero-order chi connectivity index (χ0) is 22.2. The van der Waals surface area contributed by atoms with Crippen molar-refractivity contribution >= 4 is 16.9 Å². The van der Waals surface area contributed by atoms with Gasteiger partial charge < -0.3 is 14.0 Å². The number of hydrogen-bond acceptors (Lipinski definition) is 5. The molecule has 1 radical (unpaired) electrons. The van der Waals surface area contributed by atoms with E-state index in [1.807, 2.05) is 13.0 Å². The first-order valence-electron chi connectivity index (χ1n) is 10.5. The van der Waals surface area contributed by atoms with Gasteiger partial charge in [0.05, 0.1) is 35.4 Å². The monoisotopic (exact) mass is 507 g/mol. The Labute approximate surface area is 212 Å². The summed E-state index contributed by atoms with van der Waals surface area (Å²) < 4.78 is 12.8. The molecule has 0 N–H and O–H groups in total. The van der Waals surface area contributed by atoms with Crippen LogP contribution in [0.15, 0.2) is 16.9 Å². The first-order valence-corrected chi connectivity index (χ1v) is 10.5. The molecule has 0 aliphatic carbocycles. The molecule has 1 aromatic carbocycles. The molecule has 0 bridgehead atoms. The second kappa shape index (κ2) is 7.86. The van der Waals surface area contributed by atoms with E-state index in [-0.39, 0.29) is 57.3 Å². The zero-order valence-corrected chi connectivity index (χ0v) is 22.2. The number of aromatic nitrogens is 2. The molecular formula is C25H26N2O4Y. The summed E-state index contributed by atoms with van der Waals surface area (Å²) in [7, 11) is 1.56. The van der Waals surface area contributed by atoms with Gasteiger partial charge in [-0.2, -0.15) is 0 Å². The van der Waals surface area contributed by atoms with E-state index in [0.29, 0.717) is 17.7 Å². The maximum absolute atomic E-state index is 13.5. The zero-order valence-electron chi connectivity index (χ0n) is 19.4. The normalized spacial score (nSPS) is 19.0. The fourth-order valence-corrected chi connectivity index (χ4v) is 4.99. The van der Waals surface area contributed by atoms with E-state index >= 15 is 0 Å². The Bertz CT molecular complexity index is 1380. The quantitative estimate of drug-likeness (QED) is 0.365. The number of carbonyl (C=O) groups is 1. The van der Waals surface area contributed by atoms with Gasteiger partial charge in [-0.3, -0.25) is 9.59 Å². The molecular weight excluding hydrogens is 481 g/mol. The third kappa shape index (κ3) is 3.14. The first-order chi connectivity index (χ1) is 14.7. The van der Waals surface area contributed by atoms with E-state index in [9.17, 15) is 9.59 Å². The summed E-state index contributed by atoms with van der Waals surface area (Å²) in [6.45, 7) is 10.8. The van der Waals surface area contributed by atoms with E-state index in [1.165, 1.54) is 16.7 Å².